The number of hydrogen-bond donors (Lipinski definition) is 2. The maximum Gasteiger partial charge on any atom is 0.390 e. The first-order valence-electron chi connectivity index (χ1n) is 5.50. The van der Waals surface area contributed by atoms with Crippen LogP contribution in [-0.2, 0) is 11.2 Å². The number of carbonyl (C=O) groups is 1. The molecule has 1 aromatic carbocycles. The van der Waals surface area contributed by atoms with Crippen molar-refractivity contribution < 1.29 is 18.0 Å². The molecule has 0 unspecified atom stereocenters. The van der Waals surface area contributed by atoms with E-state index in [-0.39, 0.29) is 11.4 Å². The van der Waals surface area contributed by atoms with E-state index in [4.69, 9.17) is 18.0 Å². The molecule has 1 amide bonds. The average Bonchev–Trinajstić information content (AvgIpc) is 2.27. The highest BCUT2D eigenvalue weighted by atomic mass is 32.1. The van der Waals surface area contributed by atoms with Crippen LogP contribution >= 0.6 is 12.2 Å². The van der Waals surface area contributed by atoms with Crippen molar-refractivity contribution in [2.45, 2.75) is 19.0 Å². The van der Waals surface area contributed by atoms with Crippen molar-refractivity contribution in [3.8, 4) is 0 Å². The fourth-order valence-corrected chi connectivity index (χ4v) is 1.51. The summed E-state index contributed by atoms with van der Waals surface area (Å²) in [5.74, 6) is -0.452. The Hall–Kier alpha value is -1.63. The zero-order valence-corrected chi connectivity index (χ0v) is 10.8. The number of amides is 1. The molecule has 0 spiro atoms. The lowest BCUT2D eigenvalue weighted by Crippen LogP contribution is -2.29. The predicted octanol–water partition coefficient (Wildman–Crippen LogP) is 1.93. The van der Waals surface area contributed by atoms with Crippen molar-refractivity contribution in [2.75, 3.05) is 6.54 Å². The summed E-state index contributed by atoms with van der Waals surface area (Å²) >= 11 is 4.78. The Balaban J connectivity index is 2.42. The Morgan fingerprint density at radius 1 is 1.26 bits per heavy atom. The van der Waals surface area contributed by atoms with E-state index in [1.807, 2.05) is 0 Å². The van der Waals surface area contributed by atoms with Gasteiger partial charge in [-0.25, -0.2) is 0 Å². The summed E-state index contributed by atoms with van der Waals surface area (Å²) in [6, 6.07) is 6.66. The number of halogens is 3. The molecule has 1 rings (SSSR count). The molecule has 7 heteroatoms. The number of benzene rings is 1. The third-order valence-corrected chi connectivity index (χ3v) is 2.57. The Kier molecular flexibility index (Phi) is 5.29. The lowest BCUT2D eigenvalue weighted by molar-refractivity contribution is -0.135. The molecule has 0 atom stereocenters. The van der Waals surface area contributed by atoms with Gasteiger partial charge in [-0.3, -0.25) is 4.79 Å². The molecule has 1 aromatic rings. The van der Waals surface area contributed by atoms with Gasteiger partial charge in [-0.2, -0.15) is 13.2 Å². The average molecular weight is 290 g/mol. The van der Waals surface area contributed by atoms with Crippen LogP contribution in [0.25, 0.3) is 0 Å². The lowest BCUT2D eigenvalue weighted by atomic mass is 10.1. The van der Waals surface area contributed by atoms with Gasteiger partial charge in [0.25, 0.3) is 0 Å². The molecular formula is C12H13F3N2OS. The van der Waals surface area contributed by atoms with Crippen LogP contribution < -0.4 is 11.1 Å². The standard InChI is InChI=1S/C12H13F3N2OS/c13-12(14,15)5-6-17-10(18)7-8-1-3-9(4-2-8)11(16)19/h1-4H,5-7H2,(H2,16,19)(H,17,18). The number of alkyl halides is 3. The van der Waals surface area contributed by atoms with Crippen molar-refractivity contribution in [3.63, 3.8) is 0 Å². The summed E-state index contributed by atoms with van der Waals surface area (Å²) < 4.78 is 35.6. The second-order valence-electron chi connectivity index (χ2n) is 3.95. The van der Waals surface area contributed by atoms with Gasteiger partial charge in [0.15, 0.2) is 0 Å². The fraction of sp³-hybridized carbons (Fsp3) is 0.333. The lowest BCUT2D eigenvalue weighted by Gasteiger charge is -2.08. The van der Waals surface area contributed by atoms with Gasteiger partial charge >= 0.3 is 6.18 Å². The molecule has 3 N–H and O–H groups in total. The van der Waals surface area contributed by atoms with Crippen molar-refractivity contribution in [1.82, 2.24) is 5.32 Å². The number of thiocarbonyl (C=S) groups is 1. The minimum Gasteiger partial charge on any atom is -0.389 e. The first kappa shape index (κ1) is 15.4. The van der Waals surface area contributed by atoms with Gasteiger partial charge in [0.1, 0.15) is 4.99 Å². The molecule has 0 aromatic heterocycles. The van der Waals surface area contributed by atoms with Crippen LogP contribution in [-0.4, -0.2) is 23.6 Å². The molecule has 0 bridgehead atoms. The summed E-state index contributed by atoms with van der Waals surface area (Å²) in [5.41, 5.74) is 6.78. The summed E-state index contributed by atoms with van der Waals surface area (Å²) in [7, 11) is 0. The number of rotatable bonds is 5. The van der Waals surface area contributed by atoms with Gasteiger partial charge in [-0.1, -0.05) is 36.5 Å². The van der Waals surface area contributed by atoms with E-state index >= 15 is 0 Å². The van der Waals surface area contributed by atoms with E-state index in [1.54, 1.807) is 24.3 Å². The molecule has 0 aliphatic heterocycles. The molecule has 0 aliphatic rings. The van der Waals surface area contributed by atoms with Crippen LogP contribution in [0, 0.1) is 0 Å². The molecule has 0 heterocycles. The predicted molar refractivity (Wildman–Crippen MR) is 69.7 cm³/mol. The Bertz CT molecular complexity index is 457. The van der Waals surface area contributed by atoms with Crippen LogP contribution in [0.1, 0.15) is 17.5 Å². The first-order chi connectivity index (χ1) is 8.78. The molecule has 0 aliphatic carbocycles. The normalized spacial score (nSPS) is 11.1. The molecule has 0 saturated heterocycles. The zero-order valence-electron chi connectivity index (χ0n) is 9.96. The quantitative estimate of drug-likeness (QED) is 0.815. The highest BCUT2D eigenvalue weighted by molar-refractivity contribution is 7.80. The van der Waals surface area contributed by atoms with E-state index < -0.39 is 25.0 Å². The third kappa shape index (κ3) is 6.19. The maximum atomic E-state index is 11.9. The van der Waals surface area contributed by atoms with Gasteiger partial charge in [0, 0.05) is 12.1 Å². The van der Waals surface area contributed by atoms with Crippen molar-refractivity contribution in [1.29, 1.82) is 0 Å². The SMILES string of the molecule is NC(=S)c1ccc(CC(=O)NCCC(F)(F)F)cc1. The van der Waals surface area contributed by atoms with Gasteiger partial charge in [-0.05, 0) is 5.56 Å². The van der Waals surface area contributed by atoms with Gasteiger partial charge in [-0.15, -0.1) is 0 Å². The van der Waals surface area contributed by atoms with Crippen molar-refractivity contribution in [3.05, 3.63) is 35.4 Å². The minimum absolute atomic E-state index is 0.0233. The molecule has 0 saturated carbocycles. The van der Waals surface area contributed by atoms with Gasteiger partial charge in [0.2, 0.25) is 5.91 Å². The second-order valence-corrected chi connectivity index (χ2v) is 4.39. The molecule has 3 nitrogen and oxygen atoms in total. The maximum absolute atomic E-state index is 11.9. The monoisotopic (exact) mass is 290 g/mol. The van der Waals surface area contributed by atoms with Gasteiger partial charge < -0.3 is 11.1 Å². The van der Waals surface area contributed by atoms with E-state index in [9.17, 15) is 18.0 Å². The van der Waals surface area contributed by atoms with Crippen LogP contribution in [0.5, 0.6) is 0 Å². The Morgan fingerprint density at radius 3 is 2.32 bits per heavy atom. The van der Waals surface area contributed by atoms with Crippen molar-refractivity contribution >= 4 is 23.1 Å². The van der Waals surface area contributed by atoms with Crippen LogP contribution in [0.3, 0.4) is 0 Å². The zero-order chi connectivity index (χ0) is 14.5. The Labute approximate surface area is 114 Å². The summed E-state index contributed by atoms with van der Waals surface area (Å²) in [6.07, 6.45) is -5.26. The largest absolute Gasteiger partial charge is 0.390 e. The fourth-order valence-electron chi connectivity index (χ4n) is 1.38. The highest BCUT2D eigenvalue weighted by Crippen LogP contribution is 2.18. The smallest absolute Gasteiger partial charge is 0.389 e. The summed E-state index contributed by atoms with van der Waals surface area (Å²) in [5, 5.41) is 2.22. The van der Waals surface area contributed by atoms with Crippen LogP contribution in [0.15, 0.2) is 24.3 Å². The van der Waals surface area contributed by atoms with E-state index in [0.717, 1.165) is 0 Å². The third-order valence-electron chi connectivity index (χ3n) is 2.33. The van der Waals surface area contributed by atoms with Crippen LogP contribution in [0.4, 0.5) is 13.2 Å². The second kappa shape index (κ2) is 6.51. The van der Waals surface area contributed by atoms with Gasteiger partial charge in [0.05, 0.1) is 12.8 Å². The highest BCUT2D eigenvalue weighted by Gasteiger charge is 2.26. The number of hydrogen-bond acceptors (Lipinski definition) is 2. The van der Waals surface area contributed by atoms with E-state index in [2.05, 4.69) is 5.32 Å². The number of nitrogens with two attached hydrogens (primary N) is 1. The topological polar surface area (TPSA) is 55.1 Å². The molecule has 19 heavy (non-hydrogen) atoms. The van der Waals surface area contributed by atoms with Crippen LogP contribution in [0.2, 0.25) is 0 Å². The molecule has 0 radical (unpaired) electrons. The summed E-state index contributed by atoms with van der Waals surface area (Å²) in [6.45, 7) is -0.409. The van der Waals surface area contributed by atoms with E-state index in [0.29, 0.717) is 11.1 Å². The minimum atomic E-state index is -4.26. The van der Waals surface area contributed by atoms with E-state index in [1.165, 1.54) is 0 Å². The number of carbonyl (C=O) groups excluding carboxylic acids is 1. The molecule has 0 fully saturated rings. The molecule has 104 valence electrons. The van der Waals surface area contributed by atoms with Crippen molar-refractivity contribution in [2.24, 2.45) is 5.73 Å². The molecular weight excluding hydrogens is 277 g/mol. The number of nitrogens with one attached hydrogen (secondary N) is 1. The Morgan fingerprint density at radius 2 is 1.84 bits per heavy atom. The summed E-state index contributed by atoms with van der Waals surface area (Å²) in [4.78, 5) is 11.6. The first-order valence-corrected chi connectivity index (χ1v) is 5.91.